The van der Waals surface area contributed by atoms with E-state index in [1.807, 2.05) is 0 Å². The average molecular weight is 416 g/mol. The van der Waals surface area contributed by atoms with E-state index in [-0.39, 0.29) is 0 Å². The topological polar surface area (TPSA) is 37.3 Å². The van der Waals surface area contributed by atoms with Gasteiger partial charge in [0.2, 0.25) is 0 Å². The quantitative estimate of drug-likeness (QED) is 0.401. The molecule has 2 nitrogen and oxygen atoms in total. The number of carboxylic acids is 1. The molecule has 0 aromatic rings. The van der Waals surface area contributed by atoms with Crippen LogP contribution in [0, 0.1) is 0 Å². The molecular formula is C12H26As2O2S2. The molecule has 0 radical (unpaired) electrons. The fraction of sp³-hybridized carbons (Fsp3) is 0.917. The van der Waals surface area contributed by atoms with Crippen molar-refractivity contribution in [2.45, 2.75) is 60.2 Å². The van der Waals surface area contributed by atoms with Gasteiger partial charge >= 0.3 is 129 Å². The van der Waals surface area contributed by atoms with Gasteiger partial charge in [-0.15, -0.1) is 0 Å². The van der Waals surface area contributed by atoms with Gasteiger partial charge in [-0.3, -0.25) is 0 Å². The van der Waals surface area contributed by atoms with Crippen LogP contribution in [0.2, 0.25) is 22.8 Å². The van der Waals surface area contributed by atoms with Crippen molar-refractivity contribution in [3.8, 4) is 0 Å². The Morgan fingerprint density at radius 2 is 1.78 bits per heavy atom. The molecule has 0 amide bonds. The van der Waals surface area contributed by atoms with Gasteiger partial charge in [-0.1, -0.05) is 0 Å². The SMILES string of the molecule is C[As](C)SCC[C@@H](CCCCC(=O)O)S[As](C)C. The van der Waals surface area contributed by atoms with Crippen molar-refractivity contribution in [1.29, 1.82) is 0 Å². The zero-order chi connectivity index (χ0) is 14.0. The van der Waals surface area contributed by atoms with Crippen LogP contribution < -0.4 is 0 Å². The Kier molecular flexibility index (Phi) is 12.9. The molecular weight excluding hydrogens is 390 g/mol. The predicted octanol–water partition coefficient (Wildman–Crippen LogP) is 4.36. The van der Waals surface area contributed by atoms with E-state index < -0.39 is 33.0 Å². The maximum atomic E-state index is 10.5. The summed E-state index contributed by atoms with van der Waals surface area (Å²) in [5.74, 6) is 0.658. The second kappa shape index (κ2) is 12.1. The van der Waals surface area contributed by atoms with Gasteiger partial charge < -0.3 is 0 Å². The molecule has 6 heteroatoms. The predicted molar refractivity (Wildman–Crippen MR) is 89.5 cm³/mol. The summed E-state index contributed by atoms with van der Waals surface area (Å²) in [6.45, 7) is 0. The Balaban J connectivity index is 3.80. The van der Waals surface area contributed by atoms with Crippen LogP contribution in [0.3, 0.4) is 0 Å². The van der Waals surface area contributed by atoms with Crippen molar-refractivity contribution >= 4 is 53.0 Å². The molecule has 1 N–H and O–H groups in total. The molecule has 0 aliphatic carbocycles. The molecule has 0 aromatic carbocycles. The monoisotopic (exact) mass is 416 g/mol. The van der Waals surface area contributed by atoms with Crippen LogP contribution in [0.1, 0.15) is 32.1 Å². The van der Waals surface area contributed by atoms with Crippen LogP contribution >= 0.6 is 20.0 Å². The molecule has 0 rings (SSSR count). The summed E-state index contributed by atoms with van der Waals surface area (Å²) in [4.78, 5) is 10.5. The maximum absolute atomic E-state index is 10.5. The van der Waals surface area contributed by atoms with Gasteiger partial charge in [-0.25, -0.2) is 0 Å². The fourth-order valence-corrected chi connectivity index (χ4v) is 11.6. The van der Waals surface area contributed by atoms with Gasteiger partial charge in [0.25, 0.3) is 0 Å². The first-order chi connectivity index (χ1) is 8.41. The van der Waals surface area contributed by atoms with Crippen molar-refractivity contribution in [2.24, 2.45) is 0 Å². The van der Waals surface area contributed by atoms with Gasteiger partial charge in [0.1, 0.15) is 0 Å². The summed E-state index contributed by atoms with van der Waals surface area (Å²) >= 11 is -1.16. The van der Waals surface area contributed by atoms with Gasteiger partial charge in [0.15, 0.2) is 0 Å². The minimum absolute atomic E-state index is 0.338. The first-order valence-corrected chi connectivity index (χ1v) is 20.2. The molecule has 0 saturated heterocycles. The van der Waals surface area contributed by atoms with Crippen LogP contribution in [0.5, 0.6) is 0 Å². The number of carboxylic acid groups (broad SMARTS) is 1. The first kappa shape index (κ1) is 19.3. The molecule has 0 saturated carbocycles. The second-order valence-corrected chi connectivity index (χ2v) is 23.5. The van der Waals surface area contributed by atoms with E-state index in [2.05, 4.69) is 42.9 Å². The van der Waals surface area contributed by atoms with Crippen molar-refractivity contribution in [1.82, 2.24) is 0 Å². The third kappa shape index (κ3) is 13.7. The van der Waals surface area contributed by atoms with Crippen molar-refractivity contribution in [3.63, 3.8) is 0 Å². The molecule has 0 heterocycles. The Hall–Kier alpha value is 1.29. The molecule has 0 fully saturated rings. The number of carbonyl (C=O) groups is 1. The normalized spacial score (nSPS) is 13.2. The van der Waals surface area contributed by atoms with Crippen molar-refractivity contribution in [3.05, 3.63) is 0 Å². The third-order valence-corrected chi connectivity index (χ3v) is 13.4. The van der Waals surface area contributed by atoms with Gasteiger partial charge in [0, 0.05) is 0 Å². The Bertz CT molecular complexity index is 226. The van der Waals surface area contributed by atoms with E-state index in [9.17, 15) is 4.79 Å². The van der Waals surface area contributed by atoms with E-state index >= 15 is 0 Å². The van der Waals surface area contributed by atoms with Crippen LogP contribution in [-0.2, 0) is 4.79 Å². The Labute approximate surface area is 128 Å². The standard InChI is InChI=1S/C12H26As2O2S2/c1-13(2)17-10-9-11(18-14(3)4)7-5-6-8-12(15)16/h11H,5-10H2,1-4H3,(H,15,16)/t11-/m1/s1. The molecule has 0 aromatic heterocycles. The summed E-state index contributed by atoms with van der Waals surface area (Å²) in [5, 5.41) is 9.42. The van der Waals surface area contributed by atoms with Crippen LogP contribution in [0.4, 0.5) is 0 Å². The summed E-state index contributed by atoms with van der Waals surface area (Å²) in [7, 11) is 4.40. The van der Waals surface area contributed by atoms with Crippen molar-refractivity contribution in [2.75, 3.05) is 5.75 Å². The molecule has 108 valence electrons. The summed E-state index contributed by atoms with van der Waals surface area (Å²) in [5.41, 5.74) is 9.58. The van der Waals surface area contributed by atoms with Gasteiger partial charge in [-0.05, 0) is 0 Å². The van der Waals surface area contributed by atoms with E-state index in [0.29, 0.717) is 6.42 Å². The summed E-state index contributed by atoms with van der Waals surface area (Å²) in [6, 6.07) is 0. The number of hydrogen-bond acceptors (Lipinski definition) is 3. The summed E-state index contributed by atoms with van der Waals surface area (Å²) < 4.78 is 0. The molecule has 18 heavy (non-hydrogen) atoms. The zero-order valence-electron chi connectivity index (χ0n) is 11.9. The molecule has 0 bridgehead atoms. The van der Waals surface area contributed by atoms with Crippen molar-refractivity contribution < 1.29 is 9.90 Å². The number of rotatable bonds is 11. The number of aliphatic carboxylic acids is 1. The Morgan fingerprint density at radius 3 is 2.28 bits per heavy atom. The molecule has 1 atom stereocenters. The minimum atomic E-state index is -0.653. The Morgan fingerprint density at radius 1 is 1.11 bits per heavy atom. The van der Waals surface area contributed by atoms with Crippen LogP contribution in [-0.4, -0.2) is 49.1 Å². The summed E-state index contributed by atoms with van der Waals surface area (Å²) in [6.07, 6.45) is 4.80. The molecule has 0 aliphatic heterocycles. The van der Waals surface area contributed by atoms with Gasteiger partial charge in [-0.2, -0.15) is 0 Å². The molecule has 0 aliphatic rings. The molecule has 0 spiro atoms. The number of hydrogen-bond donors (Lipinski definition) is 1. The fourth-order valence-electron chi connectivity index (χ4n) is 1.56. The van der Waals surface area contributed by atoms with Gasteiger partial charge in [0.05, 0.1) is 0 Å². The molecule has 0 unspecified atom stereocenters. The average Bonchev–Trinajstić information content (AvgIpc) is 2.22. The second-order valence-electron chi connectivity index (χ2n) is 4.61. The number of unbranched alkanes of at least 4 members (excludes halogenated alkanes) is 1. The third-order valence-electron chi connectivity index (χ3n) is 2.32. The van der Waals surface area contributed by atoms with E-state index in [1.165, 1.54) is 18.6 Å². The van der Waals surface area contributed by atoms with Crippen LogP contribution in [0.15, 0.2) is 0 Å². The first-order valence-electron chi connectivity index (χ1n) is 6.28. The zero-order valence-corrected chi connectivity index (χ0v) is 17.3. The van der Waals surface area contributed by atoms with E-state index in [4.69, 9.17) is 5.11 Å². The van der Waals surface area contributed by atoms with Crippen LogP contribution in [0.25, 0.3) is 0 Å². The van der Waals surface area contributed by atoms with E-state index in [1.54, 1.807) is 0 Å². The van der Waals surface area contributed by atoms with E-state index in [0.717, 1.165) is 18.1 Å².